The van der Waals surface area contributed by atoms with Crippen molar-refractivity contribution in [3.8, 4) is 11.1 Å². The third-order valence-electron chi connectivity index (χ3n) is 5.86. The largest absolute Gasteiger partial charge is 0.631 e. The molecule has 0 spiro atoms. The molecule has 1 aliphatic rings. The molecule has 0 aromatic heterocycles. The first-order valence-electron chi connectivity index (χ1n) is 12.4. The number of hydrogen-bond donors (Lipinski definition) is 3. The molecule has 3 nitrogen and oxygen atoms in total. The first-order chi connectivity index (χ1) is 21.3. The molecule has 0 atom stereocenters. The van der Waals surface area contributed by atoms with Gasteiger partial charge in [-0.3, -0.25) is 0 Å². The molecule has 0 saturated carbocycles. The molecule has 5 rings (SSSR count). The van der Waals surface area contributed by atoms with Gasteiger partial charge in [0.05, 0.1) is 16.7 Å². The van der Waals surface area contributed by atoms with Crippen LogP contribution in [0.2, 0.25) is 0 Å². The van der Waals surface area contributed by atoms with Gasteiger partial charge >= 0.3 is 7.32 Å². The summed E-state index contributed by atoms with van der Waals surface area (Å²) in [7, 11) is -2.17. The second-order valence-corrected chi connectivity index (χ2v) is 8.71. The summed E-state index contributed by atoms with van der Waals surface area (Å²) in [5.74, 6) is -26.6. The highest BCUT2D eigenvalue weighted by Crippen LogP contribution is 2.37. The Morgan fingerprint density at radius 2 is 0.778 bits per heavy atom. The minimum absolute atomic E-state index is 1.25. The Bertz CT molecular complexity index is 1590. The molecule has 0 unspecified atom stereocenters. The summed E-state index contributed by atoms with van der Waals surface area (Å²) in [5, 5.41) is 21.5. The summed E-state index contributed by atoms with van der Waals surface area (Å²) < 4.78 is 131. The Balaban J connectivity index is 0.000000221. The van der Waals surface area contributed by atoms with Crippen molar-refractivity contribution >= 4 is 12.9 Å². The summed E-state index contributed by atoms with van der Waals surface area (Å²) in [6, 6.07) is 21.1. The maximum atomic E-state index is 13.4. The van der Waals surface area contributed by atoms with Crippen molar-refractivity contribution < 1.29 is 59.0 Å². The molecule has 0 radical (unpaired) electrons. The predicted molar refractivity (Wildman–Crippen MR) is 145 cm³/mol. The summed E-state index contributed by atoms with van der Waals surface area (Å²) in [6.45, 7) is 0. The quantitative estimate of drug-likeness (QED) is 0.0716. The van der Waals surface area contributed by atoms with Gasteiger partial charge in [-0.2, -0.15) is 0 Å². The molecular weight excluding hydrogens is 621 g/mol. The van der Waals surface area contributed by atoms with Gasteiger partial charge in [0.2, 0.25) is 11.6 Å². The van der Waals surface area contributed by atoms with E-state index in [-0.39, 0.29) is 0 Å². The van der Waals surface area contributed by atoms with E-state index in [1.54, 1.807) is 0 Å². The fraction of sp³-hybridized carbons (Fsp3) is 0. The normalized spacial score (nSPS) is 11.6. The van der Waals surface area contributed by atoms with Crippen LogP contribution in [0, 0.1) is 64.6 Å². The highest BCUT2D eigenvalue weighted by Gasteiger charge is 2.34. The van der Waals surface area contributed by atoms with Crippen molar-refractivity contribution in [3.05, 3.63) is 166 Å². The molecule has 0 amide bonds. The minimum Gasteiger partial charge on any atom is -0.402 e. The molecular formula is C31H18BF10O3+. The van der Waals surface area contributed by atoms with Gasteiger partial charge in [-0.15, -0.1) is 0 Å². The smallest absolute Gasteiger partial charge is 0.402 e. The van der Waals surface area contributed by atoms with Crippen LogP contribution in [0.1, 0.15) is 11.1 Å². The Kier molecular flexibility index (Phi) is 11.8. The van der Waals surface area contributed by atoms with E-state index < -0.39 is 76.6 Å². The molecule has 0 saturated heterocycles. The second kappa shape index (κ2) is 15.3. The molecule has 45 heavy (non-hydrogen) atoms. The third kappa shape index (κ3) is 7.84. The van der Waals surface area contributed by atoms with Crippen LogP contribution in [-0.2, 0) is 0 Å². The van der Waals surface area contributed by atoms with Crippen LogP contribution >= 0.6 is 0 Å². The number of hydrogen-bond acceptors (Lipinski definition) is 3. The van der Waals surface area contributed by atoms with Crippen LogP contribution in [0.25, 0.3) is 16.7 Å². The topological polar surface area (TPSA) is 60.7 Å². The van der Waals surface area contributed by atoms with Crippen LogP contribution in [0.4, 0.5) is 43.9 Å². The Hall–Kier alpha value is -4.79. The van der Waals surface area contributed by atoms with Crippen LogP contribution in [-0.4, -0.2) is 22.4 Å². The van der Waals surface area contributed by atoms with Gasteiger partial charge in [-0.1, -0.05) is 36.4 Å². The summed E-state index contributed by atoms with van der Waals surface area (Å²) in [6.07, 6.45) is 10.5. The molecule has 4 aromatic carbocycles. The van der Waals surface area contributed by atoms with E-state index in [0.717, 1.165) is 0 Å². The zero-order valence-electron chi connectivity index (χ0n) is 22.4. The second-order valence-electron chi connectivity index (χ2n) is 8.71. The van der Waals surface area contributed by atoms with Gasteiger partial charge in [0.25, 0.3) is 0 Å². The maximum Gasteiger partial charge on any atom is 0.631 e. The zero-order valence-corrected chi connectivity index (χ0v) is 22.4. The summed E-state index contributed by atoms with van der Waals surface area (Å²) >= 11 is 0. The van der Waals surface area contributed by atoms with E-state index in [0.29, 0.717) is 0 Å². The highest BCUT2D eigenvalue weighted by atomic mass is 19.2. The first kappa shape index (κ1) is 34.7. The minimum atomic E-state index is -2.68. The monoisotopic (exact) mass is 639 g/mol. The SMILES string of the molecule is C1=C[CH+]C(=C(c2ccccc2)c2ccccc2)C=C1.Fc1c(F)c(F)c(-c2c(F)c(F)c(F)c(F)c2F)c(F)c1F.OB(O)O. The van der Waals surface area contributed by atoms with Crippen LogP contribution in [0.5, 0.6) is 0 Å². The molecule has 14 heteroatoms. The van der Waals surface area contributed by atoms with E-state index in [1.807, 2.05) is 0 Å². The molecule has 4 aromatic rings. The number of allylic oxidation sites excluding steroid dienone is 5. The van der Waals surface area contributed by atoms with Crippen molar-refractivity contribution in [2.24, 2.45) is 0 Å². The zero-order chi connectivity index (χ0) is 33.4. The molecule has 0 aliphatic heterocycles. The van der Waals surface area contributed by atoms with E-state index in [9.17, 15) is 43.9 Å². The van der Waals surface area contributed by atoms with Gasteiger partial charge in [0.1, 0.15) is 5.57 Å². The predicted octanol–water partition coefficient (Wildman–Crippen LogP) is 7.51. The van der Waals surface area contributed by atoms with Gasteiger partial charge in [-0.05, 0) is 24.3 Å². The van der Waals surface area contributed by atoms with Crippen molar-refractivity contribution in [1.82, 2.24) is 0 Å². The van der Waals surface area contributed by atoms with Gasteiger partial charge < -0.3 is 15.1 Å². The van der Waals surface area contributed by atoms with Crippen molar-refractivity contribution in [1.29, 1.82) is 0 Å². The highest BCUT2D eigenvalue weighted by molar-refractivity contribution is 6.30. The van der Waals surface area contributed by atoms with Crippen LogP contribution < -0.4 is 0 Å². The average Bonchev–Trinajstić information content (AvgIpc) is 3.04. The lowest BCUT2D eigenvalue weighted by Crippen LogP contribution is -2.10. The molecule has 232 valence electrons. The lowest BCUT2D eigenvalue weighted by atomic mass is 9.90. The number of benzene rings is 4. The average molecular weight is 639 g/mol. The van der Waals surface area contributed by atoms with E-state index in [2.05, 4.69) is 91.4 Å². The van der Waals surface area contributed by atoms with Crippen molar-refractivity contribution in [3.63, 3.8) is 0 Å². The summed E-state index contributed by atoms with van der Waals surface area (Å²) in [5.41, 5.74) is 0.509. The molecule has 0 fully saturated rings. The van der Waals surface area contributed by atoms with Gasteiger partial charge in [-0.25, -0.2) is 43.9 Å². The Labute approximate surface area is 249 Å². The number of rotatable bonds is 3. The first-order valence-corrected chi connectivity index (χ1v) is 12.4. The number of halogens is 10. The molecule has 1 aliphatic carbocycles. The van der Waals surface area contributed by atoms with E-state index in [1.165, 1.54) is 22.3 Å². The lowest BCUT2D eigenvalue weighted by molar-refractivity contribution is 0.278. The lowest BCUT2D eigenvalue weighted by Gasteiger charge is -2.11. The van der Waals surface area contributed by atoms with E-state index >= 15 is 0 Å². The molecule has 3 N–H and O–H groups in total. The van der Waals surface area contributed by atoms with Crippen molar-refractivity contribution in [2.75, 3.05) is 0 Å². The Morgan fingerprint density at radius 1 is 0.467 bits per heavy atom. The van der Waals surface area contributed by atoms with E-state index in [4.69, 9.17) is 15.1 Å². The van der Waals surface area contributed by atoms with Crippen molar-refractivity contribution in [2.45, 2.75) is 0 Å². The van der Waals surface area contributed by atoms with Gasteiger partial charge in [0.15, 0.2) is 46.5 Å². The molecule has 0 bridgehead atoms. The third-order valence-corrected chi connectivity index (χ3v) is 5.86. The maximum absolute atomic E-state index is 13.4. The van der Waals surface area contributed by atoms with Gasteiger partial charge in [0, 0.05) is 41.9 Å². The summed E-state index contributed by atoms with van der Waals surface area (Å²) in [4.78, 5) is 0. The fourth-order valence-corrected chi connectivity index (χ4v) is 3.96. The molecule has 0 heterocycles. The van der Waals surface area contributed by atoms with Crippen LogP contribution in [0.15, 0.2) is 90.5 Å². The fourth-order valence-electron chi connectivity index (χ4n) is 3.96. The Morgan fingerprint density at radius 3 is 1.07 bits per heavy atom. The standard InChI is InChI=1S/C19H15.C12F10.BH3O3/c1-4-10-16(11-5-1)19(17-12-6-2-7-13-17)18-14-8-3-9-15-18;13-3-1(4(14)8(18)11(21)7(3)17)2-5(15)9(19)12(22)10(20)6(2)16;2-1(3)4/h1-15H;;2-4H/q+1;;. The van der Waals surface area contributed by atoms with Crippen LogP contribution in [0.3, 0.4) is 0 Å².